The maximum absolute atomic E-state index is 12.2. The highest BCUT2D eigenvalue weighted by Crippen LogP contribution is 2.13. The Kier molecular flexibility index (Phi) is 8.10. The van der Waals surface area contributed by atoms with Crippen LogP contribution >= 0.6 is 0 Å². The highest BCUT2D eigenvalue weighted by molar-refractivity contribution is 5.94. The monoisotopic (exact) mass is 367 g/mol. The maximum atomic E-state index is 12.2. The fourth-order valence-corrected chi connectivity index (χ4v) is 2.47. The minimum Gasteiger partial charge on any atom is -0.494 e. The highest BCUT2D eigenvalue weighted by Gasteiger charge is 2.20. The molecule has 1 unspecified atom stereocenters. The van der Waals surface area contributed by atoms with E-state index in [-0.39, 0.29) is 5.91 Å². The zero-order valence-electron chi connectivity index (χ0n) is 15.7. The van der Waals surface area contributed by atoms with E-state index in [1.807, 2.05) is 54.6 Å². The van der Waals surface area contributed by atoms with Crippen molar-refractivity contribution in [3.63, 3.8) is 0 Å². The molecule has 0 aromatic heterocycles. The Balaban J connectivity index is 1.96. The molecule has 0 aliphatic rings. The molecule has 0 spiro atoms. The molecule has 1 atom stereocenters. The second kappa shape index (κ2) is 10.8. The molecule has 0 saturated heterocycles. The molecule has 5 heteroatoms. The summed E-state index contributed by atoms with van der Waals surface area (Å²) >= 11 is 0. The van der Waals surface area contributed by atoms with Crippen molar-refractivity contribution < 1.29 is 19.1 Å². The number of carbonyl (C=O) groups is 2. The van der Waals surface area contributed by atoms with Crippen LogP contribution in [0.4, 0.5) is 0 Å². The highest BCUT2D eigenvalue weighted by atomic mass is 16.5. The normalized spacial score (nSPS) is 11.8. The van der Waals surface area contributed by atoms with Gasteiger partial charge in [-0.15, -0.1) is 0 Å². The summed E-state index contributed by atoms with van der Waals surface area (Å²) in [5.41, 5.74) is 1.81. The Morgan fingerprint density at radius 1 is 1.07 bits per heavy atom. The van der Waals surface area contributed by atoms with Crippen LogP contribution < -0.4 is 10.1 Å². The molecule has 0 aliphatic carbocycles. The van der Waals surface area contributed by atoms with Gasteiger partial charge in [0, 0.05) is 12.5 Å². The van der Waals surface area contributed by atoms with Crippen LogP contribution in [-0.4, -0.2) is 31.6 Å². The van der Waals surface area contributed by atoms with Gasteiger partial charge in [0.1, 0.15) is 11.8 Å². The van der Waals surface area contributed by atoms with Crippen molar-refractivity contribution in [1.82, 2.24) is 5.32 Å². The average Bonchev–Trinajstić information content (AvgIpc) is 2.71. The summed E-state index contributed by atoms with van der Waals surface area (Å²) in [6, 6.07) is 16.2. The van der Waals surface area contributed by atoms with Gasteiger partial charge in [0.15, 0.2) is 0 Å². The minimum absolute atomic E-state index is 0.354. The molecule has 1 amide bonds. The van der Waals surface area contributed by atoms with Crippen LogP contribution in [0.2, 0.25) is 0 Å². The number of rotatable bonds is 9. The Bertz CT molecular complexity index is 754. The van der Waals surface area contributed by atoms with E-state index in [1.165, 1.54) is 13.2 Å². The number of hydrogen-bond acceptors (Lipinski definition) is 4. The first-order valence-corrected chi connectivity index (χ1v) is 8.95. The number of esters is 1. The molecule has 0 fully saturated rings. The third-order valence-corrected chi connectivity index (χ3v) is 3.86. The summed E-state index contributed by atoms with van der Waals surface area (Å²) in [7, 11) is 1.31. The van der Waals surface area contributed by atoms with E-state index in [2.05, 4.69) is 12.2 Å². The standard InChI is InChI=1S/C22H25NO4/c1-3-15-27-19-12-9-17(10-13-19)11-14-21(24)23-20(22(25)26-2)16-18-7-5-4-6-8-18/h4-14,20H,3,15-16H2,1-2H3,(H,23,24)/b14-11+. The van der Waals surface area contributed by atoms with Gasteiger partial charge in [-0.3, -0.25) is 4.79 Å². The largest absolute Gasteiger partial charge is 0.494 e. The quantitative estimate of drug-likeness (QED) is 0.545. The predicted molar refractivity (Wildman–Crippen MR) is 105 cm³/mol. The average molecular weight is 367 g/mol. The zero-order valence-corrected chi connectivity index (χ0v) is 15.7. The zero-order chi connectivity index (χ0) is 19.5. The van der Waals surface area contributed by atoms with Crippen molar-refractivity contribution in [2.75, 3.05) is 13.7 Å². The van der Waals surface area contributed by atoms with Gasteiger partial charge in [-0.25, -0.2) is 4.79 Å². The van der Waals surface area contributed by atoms with E-state index < -0.39 is 12.0 Å². The second-order valence-electron chi connectivity index (χ2n) is 6.02. The maximum Gasteiger partial charge on any atom is 0.328 e. The molecule has 0 bridgehead atoms. The second-order valence-corrected chi connectivity index (χ2v) is 6.02. The van der Waals surface area contributed by atoms with Crippen LogP contribution in [0, 0.1) is 0 Å². The number of benzene rings is 2. The van der Waals surface area contributed by atoms with E-state index in [4.69, 9.17) is 9.47 Å². The van der Waals surface area contributed by atoms with Crippen LogP contribution in [-0.2, 0) is 20.7 Å². The first kappa shape index (κ1) is 20.2. The molecule has 27 heavy (non-hydrogen) atoms. The van der Waals surface area contributed by atoms with Gasteiger partial charge in [-0.2, -0.15) is 0 Å². The van der Waals surface area contributed by atoms with Gasteiger partial charge in [0.2, 0.25) is 5.91 Å². The molecule has 2 rings (SSSR count). The molecule has 2 aromatic rings. The lowest BCUT2D eigenvalue weighted by atomic mass is 10.1. The van der Waals surface area contributed by atoms with Gasteiger partial charge >= 0.3 is 5.97 Å². The van der Waals surface area contributed by atoms with Crippen LogP contribution in [0.15, 0.2) is 60.7 Å². The third kappa shape index (κ3) is 6.98. The van der Waals surface area contributed by atoms with Crippen molar-refractivity contribution in [3.05, 3.63) is 71.8 Å². The fraction of sp³-hybridized carbons (Fsp3) is 0.273. The van der Waals surface area contributed by atoms with Crippen molar-refractivity contribution in [3.8, 4) is 5.75 Å². The topological polar surface area (TPSA) is 64.6 Å². The van der Waals surface area contributed by atoms with Crippen LogP contribution in [0.3, 0.4) is 0 Å². The van der Waals surface area contributed by atoms with E-state index in [9.17, 15) is 9.59 Å². The lowest BCUT2D eigenvalue weighted by molar-refractivity contribution is -0.144. The molecule has 5 nitrogen and oxygen atoms in total. The third-order valence-electron chi connectivity index (χ3n) is 3.86. The summed E-state index contributed by atoms with van der Waals surface area (Å²) in [4.78, 5) is 24.2. The minimum atomic E-state index is -0.737. The number of hydrogen-bond donors (Lipinski definition) is 1. The van der Waals surface area contributed by atoms with Crippen LogP contribution in [0.25, 0.3) is 6.08 Å². The van der Waals surface area contributed by atoms with E-state index in [0.29, 0.717) is 13.0 Å². The summed E-state index contributed by atoms with van der Waals surface area (Å²) in [5.74, 6) is -0.0299. The number of carbonyl (C=O) groups excluding carboxylic acids is 2. The van der Waals surface area contributed by atoms with E-state index in [1.54, 1.807) is 6.08 Å². The fourth-order valence-electron chi connectivity index (χ4n) is 2.47. The smallest absolute Gasteiger partial charge is 0.328 e. The molecular weight excluding hydrogens is 342 g/mol. The molecule has 0 heterocycles. The Morgan fingerprint density at radius 3 is 2.41 bits per heavy atom. The predicted octanol–water partition coefficient (Wildman–Crippen LogP) is 3.39. The lowest BCUT2D eigenvalue weighted by Gasteiger charge is -2.15. The van der Waals surface area contributed by atoms with Gasteiger partial charge in [-0.1, -0.05) is 49.4 Å². The van der Waals surface area contributed by atoms with Gasteiger partial charge in [-0.05, 0) is 35.8 Å². The Morgan fingerprint density at radius 2 is 1.78 bits per heavy atom. The van der Waals surface area contributed by atoms with Gasteiger partial charge < -0.3 is 14.8 Å². The molecule has 142 valence electrons. The van der Waals surface area contributed by atoms with Crippen LogP contribution in [0.1, 0.15) is 24.5 Å². The Labute approximate surface area is 160 Å². The van der Waals surface area contributed by atoms with Crippen molar-refractivity contribution in [1.29, 1.82) is 0 Å². The van der Waals surface area contributed by atoms with Crippen molar-refractivity contribution >= 4 is 18.0 Å². The Hall–Kier alpha value is -3.08. The van der Waals surface area contributed by atoms with Crippen molar-refractivity contribution in [2.45, 2.75) is 25.8 Å². The molecule has 2 aromatic carbocycles. The molecule has 0 saturated carbocycles. The van der Waals surface area contributed by atoms with Crippen molar-refractivity contribution in [2.24, 2.45) is 0 Å². The molecule has 0 radical (unpaired) electrons. The summed E-state index contributed by atoms with van der Waals surface area (Å²) in [5, 5.41) is 2.70. The molecular formula is C22H25NO4. The SMILES string of the molecule is CCCOc1ccc(/C=C/C(=O)NC(Cc2ccccc2)C(=O)OC)cc1. The number of nitrogens with one attached hydrogen (secondary N) is 1. The molecule has 1 N–H and O–H groups in total. The first-order chi connectivity index (χ1) is 13.1. The summed E-state index contributed by atoms with van der Waals surface area (Å²) in [6.45, 7) is 2.73. The van der Waals surface area contributed by atoms with E-state index >= 15 is 0 Å². The summed E-state index contributed by atoms with van der Waals surface area (Å²) in [6.07, 6.45) is 4.42. The number of methoxy groups -OCH3 is 1. The number of amides is 1. The molecule has 0 aliphatic heterocycles. The lowest BCUT2D eigenvalue weighted by Crippen LogP contribution is -2.42. The summed E-state index contributed by atoms with van der Waals surface area (Å²) < 4.78 is 10.3. The number of ether oxygens (including phenoxy) is 2. The van der Waals surface area contributed by atoms with Gasteiger partial charge in [0.05, 0.1) is 13.7 Å². The van der Waals surface area contributed by atoms with E-state index in [0.717, 1.165) is 23.3 Å². The van der Waals surface area contributed by atoms with Crippen LogP contribution in [0.5, 0.6) is 5.75 Å². The first-order valence-electron chi connectivity index (χ1n) is 8.95. The van der Waals surface area contributed by atoms with Gasteiger partial charge in [0.25, 0.3) is 0 Å².